The zero-order chi connectivity index (χ0) is 13.7. The van der Waals surface area contributed by atoms with Crippen molar-refractivity contribution in [3.05, 3.63) is 30.1 Å². The van der Waals surface area contributed by atoms with Crippen molar-refractivity contribution in [3.8, 4) is 0 Å². The van der Waals surface area contributed by atoms with Gasteiger partial charge < -0.3 is 10.6 Å². The molecule has 1 aliphatic rings. The number of nitrogens with two attached hydrogens (primary N) is 1. The number of hydrogen-bond donors (Lipinski definition) is 1. The molecular formula is C14H20ClFN2OS. The molecule has 6 heteroatoms. The van der Waals surface area contributed by atoms with Crippen LogP contribution >= 0.6 is 24.2 Å². The van der Waals surface area contributed by atoms with Gasteiger partial charge in [0, 0.05) is 36.2 Å². The summed E-state index contributed by atoms with van der Waals surface area (Å²) in [5, 5.41) is 0. The van der Waals surface area contributed by atoms with Crippen LogP contribution in [0.15, 0.2) is 29.2 Å². The fourth-order valence-electron chi connectivity index (χ4n) is 2.18. The average molecular weight is 319 g/mol. The Labute approximate surface area is 129 Å². The normalized spacial score (nSPS) is 18.5. The Balaban J connectivity index is 0.00000200. The second-order valence-electron chi connectivity index (χ2n) is 4.79. The van der Waals surface area contributed by atoms with Gasteiger partial charge in [0.15, 0.2) is 0 Å². The first kappa shape index (κ1) is 17.3. The maximum absolute atomic E-state index is 12.7. The molecule has 20 heavy (non-hydrogen) atoms. The Bertz CT molecular complexity index is 430. The van der Waals surface area contributed by atoms with Crippen LogP contribution in [0.5, 0.6) is 0 Å². The van der Waals surface area contributed by atoms with E-state index >= 15 is 0 Å². The third kappa shape index (κ3) is 5.31. The van der Waals surface area contributed by atoms with E-state index in [1.54, 1.807) is 23.9 Å². The van der Waals surface area contributed by atoms with Gasteiger partial charge in [0.1, 0.15) is 5.82 Å². The highest BCUT2D eigenvalue weighted by atomic mass is 35.5. The molecular weight excluding hydrogens is 299 g/mol. The lowest BCUT2D eigenvalue weighted by Gasteiger charge is -2.30. The van der Waals surface area contributed by atoms with Crippen molar-refractivity contribution in [1.29, 1.82) is 0 Å². The van der Waals surface area contributed by atoms with Crippen LogP contribution in [0.4, 0.5) is 4.39 Å². The molecule has 1 aromatic carbocycles. The van der Waals surface area contributed by atoms with Crippen LogP contribution in [0.25, 0.3) is 0 Å². The molecule has 1 aromatic rings. The number of carbonyl (C=O) groups is 1. The van der Waals surface area contributed by atoms with Crippen molar-refractivity contribution >= 4 is 30.1 Å². The van der Waals surface area contributed by atoms with Crippen molar-refractivity contribution in [3.63, 3.8) is 0 Å². The standard InChI is InChI=1S/C14H19FN2OS.ClH/c15-11-3-5-13(6-4-11)19-9-7-14(18)17-8-1-2-12(16)10-17;/h3-6,12H,1-2,7-10,16H2;1H. The van der Waals surface area contributed by atoms with Crippen molar-refractivity contribution in [2.45, 2.75) is 30.2 Å². The highest BCUT2D eigenvalue weighted by Crippen LogP contribution is 2.19. The first-order valence-electron chi connectivity index (χ1n) is 6.57. The summed E-state index contributed by atoms with van der Waals surface area (Å²) in [4.78, 5) is 14.8. The minimum Gasteiger partial charge on any atom is -0.341 e. The molecule has 0 aromatic heterocycles. The van der Waals surface area contributed by atoms with Gasteiger partial charge in [0.2, 0.25) is 5.91 Å². The highest BCUT2D eigenvalue weighted by molar-refractivity contribution is 7.99. The monoisotopic (exact) mass is 318 g/mol. The number of nitrogens with zero attached hydrogens (tertiary/aromatic N) is 1. The molecule has 1 heterocycles. The number of thioether (sulfide) groups is 1. The van der Waals surface area contributed by atoms with E-state index in [4.69, 9.17) is 5.73 Å². The largest absolute Gasteiger partial charge is 0.341 e. The van der Waals surface area contributed by atoms with E-state index in [2.05, 4.69) is 0 Å². The average Bonchev–Trinajstić information content (AvgIpc) is 2.41. The summed E-state index contributed by atoms with van der Waals surface area (Å²) >= 11 is 1.58. The lowest BCUT2D eigenvalue weighted by atomic mass is 10.1. The zero-order valence-electron chi connectivity index (χ0n) is 11.3. The third-order valence-corrected chi connectivity index (χ3v) is 4.22. The number of hydrogen-bond acceptors (Lipinski definition) is 3. The number of benzene rings is 1. The summed E-state index contributed by atoms with van der Waals surface area (Å²) in [6, 6.07) is 6.48. The van der Waals surface area contributed by atoms with Crippen LogP contribution in [-0.2, 0) is 4.79 Å². The number of likely N-dealkylation sites (tertiary alicyclic amines) is 1. The second-order valence-corrected chi connectivity index (χ2v) is 5.96. The molecule has 2 N–H and O–H groups in total. The van der Waals surface area contributed by atoms with Crippen LogP contribution in [0.2, 0.25) is 0 Å². The molecule has 1 fully saturated rings. The number of carbonyl (C=O) groups excluding carboxylic acids is 1. The SMILES string of the molecule is Cl.NC1CCCN(C(=O)CCSc2ccc(F)cc2)C1. The minimum absolute atomic E-state index is 0. The predicted octanol–water partition coefficient (Wildman–Crippen LogP) is 2.68. The first-order valence-corrected chi connectivity index (χ1v) is 7.55. The van der Waals surface area contributed by atoms with Crippen LogP contribution in [0, 0.1) is 5.82 Å². The van der Waals surface area contributed by atoms with Crippen LogP contribution in [0.1, 0.15) is 19.3 Å². The van der Waals surface area contributed by atoms with Crippen LogP contribution < -0.4 is 5.73 Å². The Hall–Kier alpha value is -0.780. The van der Waals surface area contributed by atoms with Gasteiger partial charge in [-0.2, -0.15) is 0 Å². The van der Waals surface area contributed by atoms with E-state index in [0.717, 1.165) is 30.0 Å². The highest BCUT2D eigenvalue weighted by Gasteiger charge is 2.20. The molecule has 2 rings (SSSR count). The van der Waals surface area contributed by atoms with E-state index in [1.807, 2.05) is 4.90 Å². The molecule has 112 valence electrons. The van der Waals surface area contributed by atoms with E-state index in [0.29, 0.717) is 13.0 Å². The molecule has 0 spiro atoms. The molecule has 0 saturated carbocycles. The van der Waals surface area contributed by atoms with Gasteiger partial charge >= 0.3 is 0 Å². The van der Waals surface area contributed by atoms with E-state index in [9.17, 15) is 9.18 Å². The zero-order valence-corrected chi connectivity index (χ0v) is 12.9. The molecule has 0 aliphatic carbocycles. The van der Waals surface area contributed by atoms with Crippen molar-refractivity contribution in [2.75, 3.05) is 18.8 Å². The Kier molecular flexibility index (Phi) is 7.34. The number of amides is 1. The van der Waals surface area contributed by atoms with Gasteiger partial charge in [-0.25, -0.2) is 4.39 Å². The quantitative estimate of drug-likeness (QED) is 0.868. The predicted molar refractivity (Wildman–Crippen MR) is 82.8 cm³/mol. The molecule has 1 unspecified atom stereocenters. The Morgan fingerprint density at radius 3 is 2.75 bits per heavy atom. The van der Waals surface area contributed by atoms with E-state index in [1.165, 1.54) is 12.1 Å². The maximum atomic E-state index is 12.7. The van der Waals surface area contributed by atoms with Gasteiger partial charge in [0.05, 0.1) is 0 Å². The van der Waals surface area contributed by atoms with Crippen molar-refractivity contribution in [2.24, 2.45) is 5.73 Å². The van der Waals surface area contributed by atoms with E-state index < -0.39 is 0 Å². The van der Waals surface area contributed by atoms with E-state index in [-0.39, 0.29) is 30.2 Å². The summed E-state index contributed by atoms with van der Waals surface area (Å²) in [6.07, 6.45) is 2.51. The minimum atomic E-state index is -0.234. The topological polar surface area (TPSA) is 46.3 Å². The molecule has 1 saturated heterocycles. The molecule has 0 radical (unpaired) electrons. The summed E-state index contributed by atoms with van der Waals surface area (Å²) in [5.41, 5.74) is 5.86. The van der Waals surface area contributed by atoms with Gasteiger partial charge in [-0.15, -0.1) is 24.2 Å². The third-order valence-electron chi connectivity index (χ3n) is 3.21. The summed E-state index contributed by atoms with van der Waals surface area (Å²) in [6.45, 7) is 1.51. The Morgan fingerprint density at radius 1 is 1.40 bits per heavy atom. The smallest absolute Gasteiger partial charge is 0.223 e. The lowest BCUT2D eigenvalue weighted by molar-refractivity contribution is -0.131. The number of halogens is 2. The Morgan fingerprint density at radius 2 is 2.10 bits per heavy atom. The fourth-order valence-corrected chi connectivity index (χ4v) is 3.02. The maximum Gasteiger partial charge on any atom is 0.223 e. The molecule has 1 atom stereocenters. The van der Waals surface area contributed by atoms with Gasteiger partial charge in [-0.3, -0.25) is 4.79 Å². The summed E-state index contributed by atoms with van der Waals surface area (Å²) in [7, 11) is 0. The van der Waals surface area contributed by atoms with Crippen LogP contribution in [-0.4, -0.2) is 35.7 Å². The van der Waals surface area contributed by atoms with Crippen LogP contribution in [0.3, 0.4) is 0 Å². The number of rotatable bonds is 4. The van der Waals surface area contributed by atoms with Crippen molar-refractivity contribution in [1.82, 2.24) is 4.90 Å². The first-order chi connectivity index (χ1) is 9.15. The summed E-state index contributed by atoms with van der Waals surface area (Å²) < 4.78 is 12.7. The van der Waals surface area contributed by atoms with Gasteiger partial charge in [-0.1, -0.05) is 0 Å². The lowest BCUT2D eigenvalue weighted by Crippen LogP contribution is -2.45. The summed E-state index contributed by atoms with van der Waals surface area (Å²) in [5.74, 6) is 0.656. The van der Waals surface area contributed by atoms with Gasteiger partial charge in [0.25, 0.3) is 0 Å². The molecule has 3 nitrogen and oxygen atoms in total. The van der Waals surface area contributed by atoms with Crippen molar-refractivity contribution < 1.29 is 9.18 Å². The fraction of sp³-hybridized carbons (Fsp3) is 0.500. The van der Waals surface area contributed by atoms with Gasteiger partial charge in [-0.05, 0) is 37.1 Å². The second kappa shape index (κ2) is 8.49. The molecule has 1 amide bonds. The molecule has 1 aliphatic heterocycles. The number of piperidine rings is 1. The molecule has 0 bridgehead atoms.